The maximum absolute atomic E-state index is 12.9. The predicted octanol–water partition coefficient (Wildman–Crippen LogP) is 2.08. The number of pyridine rings is 1. The number of aryl methyl sites for hydroxylation is 1. The minimum Gasteiger partial charge on any atom is -0.369 e. The molecule has 0 aliphatic carbocycles. The summed E-state index contributed by atoms with van der Waals surface area (Å²) in [4.78, 5) is 41.2. The Bertz CT molecular complexity index is 903. The molecule has 2 atom stereocenters. The molecule has 3 N–H and O–H groups in total. The molecule has 2 aromatic rings. The first-order valence-electron chi connectivity index (χ1n) is 8.77. The zero-order valence-electron chi connectivity index (χ0n) is 15.0. The molecular formula is C20H23N3O3. The maximum atomic E-state index is 12.9. The standard InChI is InChI=1S/C20H23N3O3/c1-12-4-3-5-14(10-12)17-9-8-16(19(25)22-17)20(26)23-11-15(18(21)24)7-6-13(23)2/h3-5,8-10,13,15H,6-7,11H2,1-2H3,(H2,21,24)(H,22,25). The minimum absolute atomic E-state index is 0.0334. The largest absolute Gasteiger partial charge is 0.369 e. The van der Waals surface area contributed by atoms with Gasteiger partial charge in [-0.3, -0.25) is 14.4 Å². The van der Waals surface area contributed by atoms with Gasteiger partial charge in [0.1, 0.15) is 5.56 Å². The SMILES string of the molecule is Cc1cccc(-c2ccc(C(=O)N3CC(C(N)=O)CCC3C)c(=O)[nH]2)c1. The monoisotopic (exact) mass is 353 g/mol. The van der Waals surface area contributed by atoms with Crippen LogP contribution in [0.1, 0.15) is 35.7 Å². The number of aromatic amines is 1. The van der Waals surface area contributed by atoms with E-state index in [1.807, 2.05) is 38.1 Å². The summed E-state index contributed by atoms with van der Waals surface area (Å²) in [5, 5.41) is 0. The molecule has 1 aliphatic rings. The zero-order chi connectivity index (χ0) is 18.8. The fourth-order valence-corrected chi connectivity index (χ4v) is 3.40. The fraction of sp³-hybridized carbons (Fsp3) is 0.350. The van der Waals surface area contributed by atoms with Gasteiger partial charge in [-0.2, -0.15) is 0 Å². The topological polar surface area (TPSA) is 96.3 Å². The van der Waals surface area contributed by atoms with Gasteiger partial charge in [-0.15, -0.1) is 0 Å². The van der Waals surface area contributed by atoms with E-state index in [9.17, 15) is 14.4 Å². The van der Waals surface area contributed by atoms with Crippen LogP contribution in [0.2, 0.25) is 0 Å². The second-order valence-electron chi connectivity index (χ2n) is 6.97. The van der Waals surface area contributed by atoms with Crippen molar-refractivity contribution >= 4 is 11.8 Å². The summed E-state index contributed by atoms with van der Waals surface area (Å²) >= 11 is 0. The van der Waals surface area contributed by atoms with Crippen molar-refractivity contribution in [1.29, 1.82) is 0 Å². The van der Waals surface area contributed by atoms with E-state index < -0.39 is 11.5 Å². The van der Waals surface area contributed by atoms with Crippen molar-refractivity contribution in [3.05, 3.63) is 57.9 Å². The van der Waals surface area contributed by atoms with Crippen LogP contribution in [0.3, 0.4) is 0 Å². The Morgan fingerprint density at radius 1 is 1.19 bits per heavy atom. The number of hydrogen-bond donors (Lipinski definition) is 2. The predicted molar refractivity (Wildman–Crippen MR) is 99.7 cm³/mol. The van der Waals surface area contributed by atoms with Gasteiger partial charge in [-0.25, -0.2) is 0 Å². The highest BCUT2D eigenvalue weighted by molar-refractivity contribution is 5.94. The number of nitrogens with one attached hydrogen (secondary N) is 1. The van der Waals surface area contributed by atoms with E-state index in [1.165, 1.54) is 0 Å². The number of carbonyl (C=O) groups excluding carboxylic acids is 2. The van der Waals surface area contributed by atoms with E-state index in [1.54, 1.807) is 17.0 Å². The molecule has 0 saturated carbocycles. The van der Waals surface area contributed by atoms with Crippen LogP contribution in [-0.4, -0.2) is 34.3 Å². The minimum atomic E-state index is -0.428. The van der Waals surface area contributed by atoms with E-state index >= 15 is 0 Å². The van der Waals surface area contributed by atoms with Gasteiger partial charge in [0.2, 0.25) is 5.91 Å². The molecule has 2 amide bonds. The number of benzene rings is 1. The molecule has 1 saturated heterocycles. The summed E-state index contributed by atoms with van der Waals surface area (Å²) in [7, 11) is 0. The maximum Gasteiger partial charge on any atom is 0.261 e. The number of hydrogen-bond acceptors (Lipinski definition) is 3. The number of aromatic nitrogens is 1. The lowest BCUT2D eigenvalue weighted by molar-refractivity contribution is -0.123. The zero-order valence-corrected chi connectivity index (χ0v) is 15.0. The first-order chi connectivity index (χ1) is 12.4. The van der Waals surface area contributed by atoms with E-state index in [0.29, 0.717) is 18.5 Å². The summed E-state index contributed by atoms with van der Waals surface area (Å²) in [6.45, 7) is 4.16. The molecule has 1 aromatic carbocycles. The number of H-pyrrole nitrogens is 1. The van der Waals surface area contributed by atoms with Crippen molar-refractivity contribution in [1.82, 2.24) is 9.88 Å². The first kappa shape index (κ1) is 17.9. The van der Waals surface area contributed by atoms with E-state index in [0.717, 1.165) is 11.1 Å². The molecule has 0 spiro atoms. The summed E-state index contributed by atoms with van der Waals surface area (Å²) in [5.41, 5.74) is 7.69. The average Bonchev–Trinajstić information content (AvgIpc) is 2.61. The number of nitrogens with two attached hydrogens (primary N) is 1. The molecule has 1 aliphatic heterocycles. The summed E-state index contributed by atoms with van der Waals surface area (Å²) in [6, 6.07) is 11.0. The van der Waals surface area contributed by atoms with Gasteiger partial charge in [-0.05, 0) is 50.5 Å². The van der Waals surface area contributed by atoms with Crippen LogP contribution >= 0.6 is 0 Å². The van der Waals surface area contributed by atoms with Crippen molar-refractivity contribution in [2.75, 3.05) is 6.54 Å². The Kier molecular flexibility index (Phi) is 4.93. The van der Waals surface area contributed by atoms with Gasteiger partial charge in [0.05, 0.1) is 5.92 Å². The Morgan fingerprint density at radius 3 is 2.62 bits per heavy atom. The molecule has 0 bridgehead atoms. The van der Waals surface area contributed by atoms with Crippen LogP contribution in [-0.2, 0) is 4.79 Å². The van der Waals surface area contributed by atoms with Crippen LogP contribution in [0.25, 0.3) is 11.3 Å². The summed E-state index contributed by atoms with van der Waals surface area (Å²) < 4.78 is 0. The molecule has 136 valence electrons. The lowest BCUT2D eigenvalue weighted by Crippen LogP contribution is -2.49. The Morgan fingerprint density at radius 2 is 1.96 bits per heavy atom. The lowest BCUT2D eigenvalue weighted by atomic mass is 9.92. The molecule has 3 rings (SSSR count). The van der Waals surface area contributed by atoms with Gasteiger partial charge < -0.3 is 15.6 Å². The highest BCUT2D eigenvalue weighted by Gasteiger charge is 2.32. The van der Waals surface area contributed by atoms with Gasteiger partial charge in [0, 0.05) is 18.3 Å². The van der Waals surface area contributed by atoms with Crippen LogP contribution in [0, 0.1) is 12.8 Å². The highest BCUT2D eigenvalue weighted by atomic mass is 16.2. The van der Waals surface area contributed by atoms with Crippen LogP contribution < -0.4 is 11.3 Å². The van der Waals surface area contributed by atoms with Crippen molar-refractivity contribution in [2.45, 2.75) is 32.7 Å². The van der Waals surface area contributed by atoms with Gasteiger partial charge >= 0.3 is 0 Å². The van der Waals surface area contributed by atoms with Crippen molar-refractivity contribution in [2.24, 2.45) is 11.7 Å². The first-order valence-corrected chi connectivity index (χ1v) is 8.77. The number of nitrogens with zero attached hydrogens (tertiary/aromatic N) is 1. The van der Waals surface area contributed by atoms with Gasteiger partial charge in [-0.1, -0.05) is 23.8 Å². The third kappa shape index (κ3) is 3.54. The van der Waals surface area contributed by atoms with Crippen LogP contribution in [0.15, 0.2) is 41.2 Å². The molecule has 2 heterocycles. The number of likely N-dealkylation sites (tertiary alicyclic amines) is 1. The van der Waals surface area contributed by atoms with Crippen molar-refractivity contribution in [3.63, 3.8) is 0 Å². The third-order valence-corrected chi connectivity index (χ3v) is 5.01. The van der Waals surface area contributed by atoms with Gasteiger partial charge in [0.15, 0.2) is 0 Å². The molecular weight excluding hydrogens is 330 g/mol. The number of amides is 2. The third-order valence-electron chi connectivity index (χ3n) is 5.01. The number of primary amides is 1. The molecule has 2 unspecified atom stereocenters. The summed E-state index contributed by atoms with van der Waals surface area (Å²) in [5.74, 6) is -1.13. The molecule has 0 radical (unpaired) electrons. The van der Waals surface area contributed by atoms with Crippen molar-refractivity contribution in [3.8, 4) is 11.3 Å². The Balaban J connectivity index is 1.88. The van der Waals surface area contributed by atoms with E-state index in [2.05, 4.69) is 4.98 Å². The Hall–Kier alpha value is -2.89. The van der Waals surface area contributed by atoms with Crippen molar-refractivity contribution < 1.29 is 9.59 Å². The second-order valence-corrected chi connectivity index (χ2v) is 6.97. The molecule has 1 fully saturated rings. The van der Waals surface area contributed by atoms with E-state index in [4.69, 9.17) is 5.73 Å². The lowest BCUT2D eigenvalue weighted by Gasteiger charge is -2.36. The number of rotatable bonds is 3. The Labute approximate surface area is 152 Å². The van der Waals surface area contributed by atoms with E-state index in [-0.39, 0.29) is 30.0 Å². The number of carbonyl (C=O) groups is 2. The quantitative estimate of drug-likeness (QED) is 0.884. The second kappa shape index (κ2) is 7.15. The van der Waals surface area contributed by atoms with Crippen LogP contribution in [0.5, 0.6) is 0 Å². The normalized spacial score (nSPS) is 20.0. The van der Waals surface area contributed by atoms with Crippen LogP contribution in [0.4, 0.5) is 0 Å². The van der Waals surface area contributed by atoms with Gasteiger partial charge in [0.25, 0.3) is 11.5 Å². The highest BCUT2D eigenvalue weighted by Crippen LogP contribution is 2.23. The number of piperidine rings is 1. The molecule has 6 heteroatoms. The molecule has 6 nitrogen and oxygen atoms in total. The molecule has 26 heavy (non-hydrogen) atoms. The summed E-state index contributed by atoms with van der Waals surface area (Å²) in [6.07, 6.45) is 1.36. The smallest absolute Gasteiger partial charge is 0.261 e. The fourth-order valence-electron chi connectivity index (χ4n) is 3.40. The molecule has 1 aromatic heterocycles. The average molecular weight is 353 g/mol.